The lowest BCUT2D eigenvalue weighted by atomic mass is 9.79. The Hall–Kier alpha value is -2.83. The second-order valence-corrected chi connectivity index (χ2v) is 9.81. The van der Waals surface area contributed by atoms with Crippen LogP contribution in [0.4, 0.5) is 4.79 Å². The number of aliphatic carboxylic acids is 1. The summed E-state index contributed by atoms with van der Waals surface area (Å²) in [4.78, 5) is 26.8. The van der Waals surface area contributed by atoms with Crippen molar-refractivity contribution in [2.24, 2.45) is 0 Å². The highest BCUT2D eigenvalue weighted by molar-refractivity contribution is 9.10. The molecule has 1 unspecified atom stereocenters. The molecule has 1 amide bonds. The van der Waals surface area contributed by atoms with Crippen molar-refractivity contribution in [1.29, 1.82) is 0 Å². The Balaban J connectivity index is 1.34. The SMILES string of the molecule is O=C(OCC1c2ccccc2-c2ccccc21)N1CCC(C(=O)O)(c2ccc(Br)cc2Cl)C1. The molecule has 0 radical (unpaired) electrons. The van der Waals surface area contributed by atoms with Gasteiger partial charge < -0.3 is 14.7 Å². The monoisotopic (exact) mass is 525 g/mol. The van der Waals surface area contributed by atoms with Crippen molar-refractivity contribution in [2.75, 3.05) is 19.7 Å². The molecule has 0 aromatic heterocycles. The van der Waals surface area contributed by atoms with E-state index in [1.807, 2.05) is 24.3 Å². The first-order valence-electron chi connectivity index (χ1n) is 10.7. The third-order valence-corrected chi connectivity index (χ3v) is 7.53. The number of carboxylic acids is 1. The number of hydrogen-bond donors (Lipinski definition) is 1. The molecule has 1 fully saturated rings. The number of rotatable bonds is 4. The molecular weight excluding hydrogens is 506 g/mol. The molecule has 3 aromatic carbocycles. The van der Waals surface area contributed by atoms with Crippen LogP contribution in [0.1, 0.15) is 29.0 Å². The largest absolute Gasteiger partial charge is 0.481 e. The number of amides is 1. The van der Waals surface area contributed by atoms with Crippen LogP contribution < -0.4 is 0 Å². The minimum absolute atomic E-state index is 0.0142. The summed E-state index contributed by atoms with van der Waals surface area (Å²) in [5.74, 6) is -1.05. The molecule has 5 rings (SSSR count). The average Bonchev–Trinajstić information content (AvgIpc) is 3.39. The summed E-state index contributed by atoms with van der Waals surface area (Å²) < 4.78 is 6.50. The topological polar surface area (TPSA) is 66.8 Å². The van der Waals surface area contributed by atoms with E-state index in [-0.39, 0.29) is 32.0 Å². The van der Waals surface area contributed by atoms with Crippen LogP contribution in [-0.2, 0) is 14.9 Å². The van der Waals surface area contributed by atoms with Crippen LogP contribution in [0.25, 0.3) is 11.1 Å². The van der Waals surface area contributed by atoms with Crippen molar-refractivity contribution in [3.63, 3.8) is 0 Å². The minimum atomic E-state index is -1.26. The second-order valence-electron chi connectivity index (χ2n) is 8.49. The minimum Gasteiger partial charge on any atom is -0.481 e. The average molecular weight is 527 g/mol. The lowest BCUT2D eigenvalue weighted by molar-refractivity contribution is -0.143. The first-order chi connectivity index (χ1) is 15.9. The van der Waals surface area contributed by atoms with Gasteiger partial charge in [0.1, 0.15) is 12.0 Å². The molecule has 1 saturated heterocycles. The highest BCUT2D eigenvalue weighted by Gasteiger charge is 2.49. The van der Waals surface area contributed by atoms with Gasteiger partial charge in [0.25, 0.3) is 0 Å². The fourth-order valence-corrected chi connectivity index (χ4v) is 5.89. The van der Waals surface area contributed by atoms with Crippen LogP contribution in [0.3, 0.4) is 0 Å². The van der Waals surface area contributed by atoms with Gasteiger partial charge in [-0.05, 0) is 46.4 Å². The van der Waals surface area contributed by atoms with Crippen LogP contribution in [0, 0.1) is 0 Å². The number of carboxylic acid groups (broad SMARTS) is 1. The maximum atomic E-state index is 13.0. The van der Waals surface area contributed by atoms with Crippen molar-refractivity contribution in [1.82, 2.24) is 4.90 Å². The van der Waals surface area contributed by atoms with Gasteiger partial charge in [-0.1, -0.05) is 82.1 Å². The number of halogens is 2. The zero-order chi connectivity index (χ0) is 23.2. The molecule has 0 bridgehead atoms. The van der Waals surface area contributed by atoms with Crippen LogP contribution in [0.2, 0.25) is 5.02 Å². The van der Waals surface area contributed by atoms with Crippen molar-refractivity contribution >= 4 is 39.6 Å². The molecule has 2 aliphatic rings. The molecule has 3 aromatic rings. The number of benzene rings is 3. The van der Waals surface area contributed by atoms with Crippen molar-refractivity contribution in [2.45, 2.75) is 17.8 Å². The molecule has 1 aliphatic carbocycles. The van der Waals surface area contributed by atoms with E-state index < -0.39 is 17.5 Å². The van der Waals surface area contributed by atoms with Gasteiger partial charge in [0.05, 0.1) is 0 Å². The maximum absolute atomic E-state index is 13.0. The van der Waals surface area contributed by atoms with Crippen LogP contribution >= 0.6 is 27.5 Å². The fourth-order valence-electron chi connectivity index (χ4n) is 5.04. The highest BCUT2D eigenvalue weighted by Crippen LogP contribution is 2.45. The third kappa shape index (κ3) is 3.71. The Labute approximate surface area is 205 Å². The molecule has 1 atom stereocenters. The van der Waals surface area contributed by atoms with Gasteiger partial charge in [-0.3, -0.25) is 4.79 Å². The number of carbonyl (C=O) groups is 2. The van der Waals surface area contributed by atoms with Gasteiger partial charge >= 0.3 is 12.1 Å². The molecule has 1 N–H and O–H groups in total. The Kier molecular flexibility index (Phi) is 5.67. The quantitative estimate of drug-likeness (QED) is 0.447. The number of nitrogens with zero attached hydrogens (tertiary/aromatic N) is 1. The van der Waals surface area contributed by atoms with Gasteiger partial charge in [0, 0.05) is 28.5 Å². The van der Waals surface area contributed by atoms with Gasteiger partial charge in [-0.25, -0.2) is 4.79 Å². The molecule has 33 heavy (non-hydrogen) atoms. The van der Waals surface area contributed by atoms with E-state index in [0.717, 1.165) is 26.7 Å². The van der Waals surface area contributed by atoms with Gasteiger partial charge in [0.2, 0.25) is 0 Å². The van der Waals surface area contributed by atoms with E-state index in [2.05, 4.69) is 40.2 Å². The first kappa shape index (κ1) is 22.0. The maximum Gasteiger partial charge on any atom is 0.409 e. The Morgan fingerprint density at radius 2 is 1.70 bits per heavy atom. The molecule has 0 saturated carbocycles. The summed E-state index contributed by atoms with van der Waals surface area (Å²) >= 11 is 9.74. The molecule has 7 heteroatoms. The van der Waals surface area contributed by atoms with Crippen LogP contribution in [-0.4, -0.2) is 41.8 Å². The fraction of sp³-hybridized carbons (Fsp3) is 0.231. The van der Waals surface area contributed by atoms with Crippen LogP contribution in [0.5, 0.6) is 0 Å². The molecule has 5 nitrogen and oxygen atoms in total. The first-order valence-corrected chi connectivity index (χ1v) is 11.9. The number of fused-ring (bicyclic) bond motifs is 3. The van der Waals surface area contributed by atoms with E-state index >= 15 is 0 Å². The predicted octanol–water partition coefficient (Wildman–Crippen LogP) is 6.08. The summed E-state index contributed by atoms with van der Waals surface area (Å²) in [6, 6.07) is 21.4. The summed E-state index contributed by atoms with van der Waals surface area (Å²) in [5, 5.41) is 10.4. The lowest BCUT2D eigenvalue weighted by Crippen LogP contribution is -2.41. The molecule has 0 spiro atoms. The molecule has 1 aliphatic heterocycles. The zero-order valence-corrected chi connectivity index (χ0v) is 20.0. The number of ether oxygens (including phenoxy) is 1. The Morgan fingerprint density at radius 1 is 1.06 bits per heavy atom. The van der Waals surface area contributed by atoms with Crippen LogP contribution in [0.15, 0.2) is 71.2 Å². The number of hydrogen-bond acceptors (Lipinski definition) is 3. The van der Waals surface area contributed by atoms with Crippen molar-refractivity contribution < 1.29 is 19.4 Å². The molecule has 1 heterocycles. The third-order valence-electron chi connectivity index (χ3n) is 6.72. The normalized spacial score (nSPS) is 19.3. The molecular formula is C26H21BrClNO4. The van der Waals surface area contributed by atoms with Gasteiger partial charge in [0.15, 0.2) is 0 Å². The standard InChI is InChI=1S/C26H21BrClNO4/c27-16-9-10-22(23(28)13-16)26(24(30)31)11-12-29(15-26)25(32)33-14-21-19-7-3-1-5-17(19)18-6-2-4-8-20(18)21/h1-10,13,21H,11-12,14-15H2,(H,30,31). The van der Waals surface area contributed by atoms with Gasteiger partial charge in [-0.2, -0.15) is 0 Å². The highest BCUT2D eigenvalue weighted by atomic mass is 79.9. The summed E-state index contributed by atoms with van der Waals surface area (Å²) in [7, 11) is 0. The van der Waals surface area contributed by atoms with Gasteiger partial charge in [-0.15, -0.1) is 0 Å². The van der Waals surface area contributed by atoms with E-state index in [0.29, 0.717) is 10.6 Å². The van der Waals surface area contributed by atoms with Crippen molar-refractivity contribution in [3.05, 3.63) is 92.9 Å². The predicted molar refractivity (Wildman–Crippen MR) is 130 cm³/mol. The Bertz CT molecular complexity index is 1220. The second kappa shape index (κ2) is 8.50. The van der Waals surface area contributed by atoms with E-state index in [1.165, 1.54) is 4.90 Å². The smallest absolute Gasteiger partial charge is 0.409 e. The van der Waals surface area contributed by atoms with E-state index in [9.17, 15) is 14.7 Å². The zero-order valence-electron chi connectivity index (χ0n) is 17.6. The summed E-state index contributed by atoms with van der Waals surface area (Å²) in [5.41, 5.74) is 3.83. The van der Waals surface area contributed by atoms with E-state index in [1.54, 1.807) is 18.2 Å². The van der Waals surface area contributed by atoms with Crippen molar-refractivity contribution in [3.8, 4) is 11.1 Å². The Morgan fingerprint density at radius 3 is 2.30 bits per heavy atom. The number of likely N-dealkylation sites (tertiary alicyclic amines) is 1. The number of carbonyl (C=O) groups excluding carboxylic acids is 1. The van der Waals surface area contributed by atoms with E-state index in [4.69, 9.17) is 16.3 Å². The lowest BCUT2D eigenvalue weighted by Gasteiger charge is -2.26. The summed E-state index contributed by atoms with van der Waals surface area (Å²) in [6.07, 6.45) is -0.235. The molecule has 168 valence electrons. The summed E-state index contributed by atoms with van der Waals surface area (Å²) in [6.45, 7) is 0.498.